The molecule has 1 fully saturated rings. The fraction of sp³-hybridized carbons (Fsp3) is 0.278. The van der Waals surface area contributed by atoms with Crippen LogP contribution in [0.2, 0.25) is 0 Å². The summed E-state index contributed by atoms with van der Waals surface area (Å²) < 4.78 is 1.60. The number of nitrogens with one attached hydrogen (secondary N) is 1. The van der Waals surface area contributed by atoms with Crippen molar-refractivity contribution in [2.24, 2.45) is 5.92 Å². The fourth-order valence-electron chi connectivity index (χ4n) is 3.10. The molecule has 0 bridgehead atoms. The first-order valence-electron chi connectivity index (χ1n) is 8.57. The van der Waals surface area contributed by atoms with Crippen LogP contribution in [-0.2, 0) is 4.79 Å². The molecule has 132 valence electrons. The number of piperidine rings is 1. The second kappa shape index (κ2) is 7.30. The van der Waals surface area contributed by atoms with E-state index in [1.807, 2.05) is 36.4 Å². The van der Waals surface area contributed by atoms with E-state index in [2.05, 4.69) is 30.3 Å². The van der Waals surface area contributed by atoms with Crippen molar-refractivity contribution in [3.8, 4) is 5.82 Å². The van der Waals surface area contributed by atoms with E-state index in [-0.39, 0.29) is 11.8 Å². The Morgan fingerprint density at radius 1 is 1.04 bits per heavy atom. The SMILES string of the molecule is O=C(Nc1ccccc1)C1CCN(c2cc(-n3cncn3)ncn2)CC1. The van der Waals surface area contributed by atoms with Crippen LogP contribution in [0.3, 0.4) is 0 Å². The zero-order chi connectivity index (χ0) is 17.8. The number of nitrogens with zero attached hydrogens (tertiary/aromatic N) is 6. The Hall–Kier alpha value is -3.29. The molecule has 3 heterocycles. The summed E-state index contributed by atoms with van der Waals surface area (Å²) >= 11 is 0. The Kier molecular flexibility index (Phi) is 4.55. The molecule has 2 aromatic heterocycles. The number of benzene rings is 1. The van der Waals surface area contributed by atoms with Crippen molar-refractivity contribution in [3.63, 3.8) is 0 Å². The lowest BCUT2D eigenvalue weighted by Gasteiger charge is -2.32. The summed E-state index contributed by atoms with van der Waals surface area (Å²) in [6.07, 6.45) is 6.19. The number of carbonyl (C=O) groups excluding carboxylic acids is 1. The van der Waals surface area contributed by atoms with Crippen molar-refractivity contribution in [3.05, 3.63) is 55.4 Å². The molecule has 1 N–H and O–H groups in total. The maximum Gasteiger partial charge on any atom is 0.227 e. The Morgan fingerprint density at radius 3 is 2.54 bits per heavy atom. The first kappa shape index (κ1) is 16.2. The standard InChI is InChI=1S/C18H19N7O/c26-18(23-15-4-2-1-3-5-15)14-6-8-24(9-7-14)16-10-17(21-12-20-16)25-13-19-11-22-25/h1-5,10-14H,6-9H2,(H,23,26). The third kappa shape index (κ3) is 3.53. The molecular formula is C18H19N7O. The van der Waals surface area contributed by atoms with Crippen LogP contribution in [0.1, 0.15) is 12.8 Å². The molecule has 0 aliphatic carbocycles. The number of hydrogen-bond donors (Lipinski definition) is 1. The van der Waals surface area contributed by atoms with E-state index in [1.54, 1.807) is 11.0 Å². The summed E-state index contributed by atoms with van der Waals surface area (Å²) in [6.45, 7) is 1.56. The van der Waals surface area contributed by atoms with E-state index in [9.17, 15) is 4.79 Å². The number of aromatic nitrogens is 5. The molecule has 1 aliphatic rings. The number of hydrogen-bond acceptors (Lipinski definition) is 6. The van der Waals surface area contributed by atoms with Gasteiger partial charge in [-0.05, 0) is 25.0 Å². The van der Waals surface area contributed by atoms with Gasteiger partial charge in [-0.2, -0.15) is 5.10 Å². The van der Waals surface area contributed by atoms with Crippen molar-refractivity contribution in [2.45, 2.75) is 12.8 Å². The predicted molar refractivity (Wildman–Crippen MR) is 97.0 cm³/mol. The summed E-state index contributed by atoms with van der Waals surface area (Å²) in [7, 11) is 0. The van der Waals surface area contributed by atoms with Crippen LogP contribution in [0.4, 0.5) is 11.5 Å². The summed E-state index contributed by atoms with van der Waals surface area (Å²) in [4.78, 5) is 27.1. The van der Waals surface area contributed by atoms with Gasteiger partial charge in [-0.15, -0.1) is 0 Å². The minimum absolute atomic E-state index is 0.0167. The maximum atomic E-state index is 12.4. The van der Waals surface area contributed by atoms with Crippen LogP contribution in [0.15, 0.2) is 55.4 Å². The largest absolute Gasteiger partial charge is 0.356 e. The van der Waals surface area contributed by atoms with Gasteiger partial charge in [-0.25, -0.2) is 19.6 Å². The molecule has 1 amide bonds. The van der Waals surface area contributed by atoms with Gasteiger partial charge < -0.3 is 10.2 Å². The highest BCUT2D eigenvalue weighted by molar-refractivity contribution is 5.92. The first-order valence-corrected chi connectivity index (χ1v) is 8.57. The van der Waals surface area contributed by atoms with Crippen molar-refractivity contribution in [1.82, 2.24) is 24.7 Å². The molecule has 0 radical (unpaired) electrons. The second-order valence-electron chi connectivity index (χ2n) is 6.19. The molecule has 1 aliphatic heterocycles. The highest BCUT2D eigenvalue weighted by Gasteiger charge is 2.26. The van der Waals surface area contributed by atoms with Crippen LogP contribution in [0, 0.1) is 5.92 Å². The van der Waals surface area contributed by atoms with Crippen LogP contribution >= 0.6 is 0 Å². The lowest BCUT2D eigenvalue weighted by molar-refractivity contribution is -0.120. The summed E-state index contributed by atoms with van der Waals surface area (Å²) in [5.41, 5.74) is 0.841. The average Bonchev–Trinajstić information content (AvgIpc) is 3.24. The summed E-state index contributed by atoms with van der Waals surface area (Å²) in [5.74, 6) is 1.62. The molecule has 0 unspecified atom stereocenters. The van der Waals surface area contributed by atoms with Gasteiger partial charge in [0.15, 0.2) is 5.82 Å². The molecule has 4 rings (SSSR count). The molecule has 8 heteroatoms. The molecule has 26 heavy (non-hydrogen) atoms. The van der Waals surface area contributed by atoms with E-state index < -0.39 is 0 Å². The van der Waals surface area contributed by atoms with Crippen molar-refractivity contribution < 1.29 is 4.79 Å². The Morgan fingerprint density at radius 2 is 1.81 bits per heavy atom. The van der Waals surface area contributed by atoms with Crippen LogP contribution in [0.5, 0.6) is 0 Å². The molecule has 1 aromatic carbocycles. The Balaban J connectivity index is 1.38. The van der Waals surface area contributed by atoms with Crippen LogP contribution < -0.4 is 10.2 Å². The van der Waals surface area contributed by atoms with Gasteiger partial charge in [0, 0.05) is 30.8 Å². The second-order valence-corrected chi connectivity index (χ2v) is 6.19. The van der Waals surface area contributed by atoms with Crippen LogP contribution in [0.25, 0.3) is 5.82 Å². The number of para-hydroxylation sites is 1. The zero-order valence-corrected chi connectivity index (χ0v) is 14.2. The van der Waals surface area contributed by atoms with Crippen molar-refractivity contribution in [1.29, 1.82) is 0 Å². The van der Waals surface area contributed by atoms with Crippen molar-refractivity contribution in [2.75, 3.05) is 23.3 Å². The molecular weight excluding hydrogens is 330 g/mol. The topological polar surface area (TPSA) is 88.8 Å². The highest BCUT2D eigenvalue weighted by atomic mass is 16.1. The maximum absolute atomic E-state index is 12.4. The highest BCUT2D eigenvalue weighted by Crippen LogP contribution is 2.23. The number of carbonyl (C=O) groups is 1. The quantitative estimate of drug-likeness (QED) is 0.774. The minimum atomic E-state index is 0.0167. The van der Waals surface area contributed by atoms with Gasteiger partial charge in [0.1, 0.15) is 24.8 Å². The van der Waals surface area contributed by atoms with E-state index in [0.717, 1.165) is 37.4 Å². The molecule has 1 saturated heterocycles. The monoisotopic (exact) mass is 349 g/mol. The number of amides is 1. The molecule has 0 spiro atoms. The van der Waals surface area contributed by atoms with E-state index >= 15 is 0 Å². The Labute approximate surface area is 150 Å². The minimum Gasteiger partial charge on any atom is -0.356 e. The molecule has 0 atom stereocenters. The third-order valence-electron chi connectivity index (χ3n) is 4.52. The van der Waals surface area contributed by atoms with Gasteiger partial charge in [0.2, 0.25) is 5.91 Å². The number of rotatable bonds is 4. The first-order chi connectivity index (χ1) is 12.8. The summed E-state index contributed by atoms with van der Waals surface area (Å²) in [6, 6.07) is 11.5. The van der Waals surface area contributed by atoms with Gasteiger partial charge in [0.05, 0.1) is 0 Å². The molecule has 8 nitrogen and oxygen atoms in total. The summed E-state index contributed by atoms with van der Waals surface area (Å²) in [5, 5.41) is 7.08. The average molecular weight is 349 g/mol. The zero-order valence-electron chi connectivity index (χ0n) is 14.2. The van der Waals surface area contributed by atoms with E-state index in [0.29, 0.717) is 5.82 Å². The third-order valence-corrected chi connectivity index (χ3v) is 4.52. The van der Waals surface area contributed by atoms with Gasteiger partial charge in [0.25, 0.3) is 0 Å². The molecule has 3 aromatic rings. The fourth-order valence-corrected chi connectivity index (χ4v) is 3.10. The smallest absolute Gasteiger partial charge is 0.227 e. The predicted octanol–water partition coefficient (Wildman–Crippen LogP) is 1.91. The number of anilines is 2. The van der Waals surface area contributed by atoms with Gasteiger partial charge >= 0.3 is 0 Å². The normalized spacial score (nSPS) is 15.0. The van der Waals surface area contributed by atoms with Gasteiger partial charge in [-0.3, -0.25) is 4.79 Å². The van der Waals surface area contributed by atoms with E-state index in [4.69, 9.17) is 0 Å². The Bertz CT molecular complexity index is 858. The molecule has 0 saturated carbocycles. The van der Waals surface area contributed by atoms with Gasteiger partial charge in [-0.1, -0.05) is 18.2 Å². The van der Waals surface area contributed by atoms with Crippen LogP contribution in [-0.4, -0.2) is 43.7 Å². The van der Waals surface area contributed by atoms with Crippen molar-refractivity contribution >= 4 is 17.4 Å². The lowest BCUT2D eigenvalue weighted by atomic mass is 9.96. The lowest BCUT2D eigenvalue weighted by Crippen LogP contribution is -2.38. The van der Waals surface area contributed by atoms with E-state index in [1.165, 1.54) is 12.7 Å².